The number of piperazine rings is 1. The van der Waals surface area contributed by atoms with Crippen molar-refractivity contribution < 1.29 is 4.52 Å². The molecule has 134 valence electrons. The van der Waals surface area contributed by atoms with Gasteiger partial charge in [0, 0.05) is 49.8 Å². The maximum Gasteiger partial charge on any atom is 0.194 e. The lowest BCUT2D eigenvalue weighted by Crippen LogP contribution is -2.52. The monoisotopic (exact) mass is 405 g/mol. The zero-order chi connectivity index (χ0) is 17.5. The molecule has 2 heterocycles. The molecule has 0 bridgehead atoms. The van der Waals surface area contributed by atoms with E-state index in [0.29, 0.717) is 6.54 Å². The van der Waals surface area contributed by atoms with Gasteiger partial charge in [-0.05, 0) is 24.6 Å². The number of hydrogen-bond acceptors (Lipinski definition) is 4. The van der Waals surface area contributed by atoms with E-state index < -0.39 is 0 Å². The second-order valence-corrected chi connectivity index (χ2v) is 6.97. The van der Waals surface area contributed by atoms with Crippen molar-refractivity contribution in [3.63, 3.8) is 0 Å². The molecule has 1 saturated heterocycles. The largest absolute Gasteiger partial charge is 0.364 e. The number of halogens is 1. The van der Waals surface area contributed by atoms with E-state index in [2.05, 4.69) is 67.4 Å². The van der Waals surface area contributed by atoms with Gasteiger partial charge < -0.3 is 14.7 Å². The molecule has 1 aromatic carbocycles. The van der Waals surface area contributed by atoms with Crippen LogP contribution in [0.2, 0.25) is 0 Å². The van der Waals surface area contributed by atoms with Crippen LogP contribution in [0.15, 0.2) is 50.6 Å². The van der Waals surface area contributed by atoms with E-state index >= 15 is 0 Å². The smallest absolute Gasteiger partial charge is 0.194 e. The summed E-state index contributed by atoms with van der Waals surface area (Å²) in [7, 11) is 0. The topological polar surface area (TPSA) is 56.9 Å². The number of benzene rings is 1. The number of aliphatic imine (C=N–C) groups is 1. The fraction of sp³-hybridized carbons (Fsp3) is 0.444. The Balaban J connectivity index is 1.55. The van der Waals surface area contributed by atoms with Gasteiger partial charge in [-0.1, -0.05) is 33.2 Å². The van der Waals surface area contributed by atoms with Crippen LogP contribution in [-0.2, 0) is 13.1 Å². The van der Waals surface area contributed by atoms with Crippen LogP contribution in [0, 0.1) is 0 Å². The van der Waals surface area contributed by atoms with Crippen LogP contribution in [0.3, 0.4) is 0 Å². The highest BCUT2D eigenvalue weighted by Gasteiger charge is 2.20. The summed E-state index contributed by atoms with van der Waals surface area (Å²) >= 11 is 3.47. The van der Waals surface area contributed by atoms with Gasteiger partial charge in [0.2, 0.25) is 0 Å². The quantitative estimate of drug-likeness (QED) is 0.611. The third kappa shape index (κ3) is 5.31. The van der Waals surface area contributed by atoms with E-state index in [-0.39, 0.29) is 0 Å². The molecule has 0 saturated carbocycles. The lowest BCUT2D eigenvalue weighted by Gasteiger charge is -2.36. The Morgan fingerprint density at radius 2 is 1.96 bits per heavy atom. The molecule has 3 rings (SSSR count). The first-order valence-electron chi connectivity index (χ1n) is 8.64. The Bertz CT molecular complexity index is 663. The van der Waals surface area contributed by atoms with E-state index in [1.807, 2.05) is 6.07 Å². The highest BCUT2D eigenvalue weighted by Crippen LogP contribution is 2.12. The second kappa shape index (κ2) is 9.01. The zero-order valence-electron chi connectivity index (χ0n) is 14.5. The molecule has 25 heavy (non-hydrogen) atoms. The average Bonchev–Trinajstić information content (AvgIpc) is 3.14. The van der Waals surface area contributed by atoms with Crippen molar-refractivity contribution in [2.45, 2.75) is 20.0 Å². The molecule has 0 spiro atoms. The van der Waals surface area contributed by atoms with Crippen molar-refractivity contribution in [3.05, 3.63) is 52.3 Å². The molecule has 1 aliphatic rings. The minimum atomic E-state index is 0.689. The molecule has 0 unspecified atom stereocenters. The third-order valence-electron chi connectivity index (χ3n) is 4.21. The standard InChI is InChI=1S/C18H24BrN5O/c1-2-20-18(21-13-15-3-5-16(19)6-4-15)24-10-8-23(9-11-24)14-17-7-12-25-22-17/h3-7,12H,2,8-11,13-14H2,1H3,(H,20,21). The van der Waals surface area contributed by atoms with E-state index in [9.17, 15) is 0 Å². The molecule has 0 radical (unpaired) electrons. The predicted molar refractivity (Wildman–Crippen MR) is 102 cm³/mol. The zero-order valence-corrected chi connectivity index (χ0v) is 16.1. The molecular weight excluding hydrogens is 382 g/mol. The molecule has 2 aromatic rings. The fourth-order valence-electron chi connectivity index (χ4n) is 2.85. The van der Waals surface area contributed by atoms with Crippen LogP contribution in [0.25, 0.3) is 0 Å². The summed E-state index contributed by atoms with van der Waals surface area (Å²) < 4.78 is 6.00. The van der Waals surface area contributed by atoms with Gasteiger partial charge in [0.1, 0.15) is 6.26 Å². The SMILES string of the molecule is CCNC(=NCc1ccc(Br)cc1)N1CCN(Cc2ccon2)CC1. The van der Waals surface area contributed by atoms with Crippen molar-refractivity contribution in [2.24, 2.45) is 4.99 Å². The summed E-state index contributed by atoms with van der Waals surface area (Å²) in [6.45, 7) is 8.43. The van der Waals surface area contributed by atoms with Crippen LogP contribution in [0.5, 0.6) is 0 Å². The van der Waals surface area contributed by atoms with Crippen molar-refractivity contribution in [1.82, 2.24) is 20.3 Å². The van der Waals surface area contributed by atoms with Gasteiger partial charge in [0.25, 0.3) is 0 Å². The van der Waals surface area contributed by atoms with E-state index in [0.717, 1.165) is 55.4 Å². The minimum Gasteiger partial charge on any atom is -0.364 e. The fourth-order valence-corrected chi connectivity index (χ4v) is 3.11. The van der Waals surface area contributed by atoms with Gasteiger partial charge in [-0.3, -0.25) is 4.90 Å². The molecule has 0 amide bonds. The highest BCUT2D eigenvalue weighted by atomic mass is 79.9. The maximum atomic E-state index is 4.91. The van der Waals surface area contributed by atoms with Gasteiger partial charge >= 0.3 is 0 Å². The molecule has 6 nitrogen and oxygen atoms in total. The molecule has 0 atom stereocenters. The normalized spacial score (nSPS) is 16.2. The Morgan fingerprint density at radius 1 is 1.20 bits per heavy atom. The molecular formula is C18H24BrN5O. The Hall–Kier alpha value is -1.86. The number of aromatic nitrogens is 1. The number of guanidine groups is 1. The van der Waals surface area contributed by atoms with Gasteiger partial charge in [-0.25, -0.2) is 4.99 Å². The van der Waals surface area contributed by atoms with Crippen LogP contribution >= 0.6 is 15.9 Å². The van der Waals surface area contributed by atoms with Crippen LogP contribution in [-0.4, -0.2) is 53.6 Å². The summed E-state index contributed by atoms with van der Waals surface area (Å²) in [5.41, 5.74) is 2.20. The number of hydrogen-bond donors (Lipinski definition) is 1. The van der Waals surface area contributed by atoms with Gasteiger partial charge in [0.15, 0.2) is 5.96 Å². The van der Waals surface area contributed by atoms with E-state index in [4.69, 9.17) is 9.52 Å². The van der Waals surface area contributed by atoms with Crippen molar-refractivity contribution in [1.29, 1.82) is 0 Å². The van der Waals surface area contributed by atoms with Crippen molar-refractivity contribution >= 4 is 21.9 Å². The highest BCUT2D eigenvalue weighted by molar-refractivity contribution is 9.10. The lowest BCUT2D eigenvalue weighted by molar-refractivity contribution is 0.169. The van der Waals surface area contributed by atoms with Crippen LogP contribution < -0.4 is 5.32 Å². The Labute approximate surface area is 157 Å². The maximum absolute atomic E-state index is 4.91. The predicted octanol–water partition coefficient (Wildman–Crippen LogP) is 2.72. The molecule has 0 aliphatic carbocycles. The average molecular weight is 406 g/mol. The minimum absolute atomic E-state index is 0.689. The summed E-state index contributed by atoms with van der Waals surface area (Å²) in [6.07, 6.45) is 1.63. The number of rotatable bonds is 5. The molecule has 7 heteroatoms. The lowest BCUT2D eigenvalue weighted by atomic mass is 10.2. The second-order valence-electron chi connectivity index (χ2n) is 6.05. The molecule has 1 aliphatic heterocycles. The number of nitrogens with one attached hydrogen (secondary N) is 1. The van der Waals surface area contributed by atoms with Crippen LogP contribution in [0.1, 0.15) is 18.2 Å². The molecule has 1 N–H and O–H groups in total. The van der Waals surface area contributed by atoms with Crippen molar-refractivity contribution in [2.75, 3.05) is 32.7 Å². The van der Waals surface area contributed by atoms with Crippen molar-refractivity contribution in [3.8, 4) is 0 Å². The molecule has 1 fully saturated rings. The Kier molecular flexibility index (Phi) is 6.47. The summed E-state index contributed by atoms with van der Waals surface area (Å²) in [6, 6.07) is 10.2. The van der Waals surface area contributed by atoms with E-state index in [1.54, 1.807) is 6.26 Å². The van der Waals surface area contributed by atoms with Gasteiger partial charge in [-0.2, -0.15) is 0 Å². The first-order valence-corrected chi connectivity index (χ1v) is 9.43. The van der Waals surface area contributed by atoms with E-state index in [1.165, 1.54) is 5.56 Å². The third-order valence-corrected chi connectivity index (χ3v) is 4.74. The summed E-state index contributed by atoms with van der Waals surface area (Å²) in [4.78, 5) is 9.54. The van der Waals surface area contributed by atoms with Gasteiger partial charge in [-0.15, -0.1) is 0 Å². The van der Waals surface area contributed by atoms with Gasteiger partial charge in [0.05, 0.1) is 12.2 Å². The molecule has 1 aromatic heterocycles. The Morgan fingerprint density at radius 3 is 2.60 bits per heavy atom. The first-order chi connectivity index (χ1) is 12.2. The first kappa shape index (κ1) is 17.9. The summed E-state index contributed by atoms with van der Waals surface area (Å²) in [5.74, 6) is 0.992. The van der Waals surface area contributed by atoms with Crippen LogP contribution in [0.4, 0.5) is 0 Å². The summed E-state index contributed by atoms with van der Waals surface area (Å²) in [5, 5.41) is 7.41. The number of nitrogens with zero attached hydrogens (tertiary/aromatic N) is 4.